The summed E-state index contributed by atoms with van der Waals surface area (Å²) in [6, 6.07) is 0. The van der Waals surface area contributed by atoms with Crippen LogP contribution in [0.1, 0.15) is 52.3 Å². The van der Waals surface area contributed by atoms with E-state index >= 15 is 0 Å². The fraction of sp³-hybridized carbons (Fsp3) is 0.846. The molecule has 0 atom stereocenters. The van der Waals surface area contributed by atoms with Crippen molar-refractivity contribution in [3.05, 3.63) is 5.82 Å². The zero-order valence-electron chi connectivity index (χ0n) is 11.5. The maximum Gasteiger partial charge on any atom is 0.202 e. The molecule has 18 heavy (non-hydrogen) atoms. The van der Waals surface area contributed by atoms with E-state index in [9.17, 15) is 0 Å². The molecule has 1 aromatic heterocycles. The molecule has 0 aromatic carbocycles. The van der Waals surface area contributed by atoms with Gasteiger partial charge in [0, 0.05) is 24.7 Å². The molecule has 1 aliphatic rings. The Balaban J connectivity index is 2.07. The zero-order valence-corrected chi connectivity index (χ0v) is 12.3. The summed E-state index contributed by atoms with van der Waals surface area (Å²) < 4.78 is 10.5. The molecule has 0 unspecified atom stereocenters. The van der Waals surface area contributed by atoms with Gasteiger partial charge in [0.25, 0.3) is 0 Å². The average Bonchev–Trinajstić information content (AvgIpc) is 2.95. The molecule has 102 valence electrons. The lowest BCUT2D eigenvalue weighted by atomic mass is 10.0. The van der Waals surface area contributed by atoms with Gasteiger partial charge in [0.1, 0.15) is 5.60 Å². The SMILES string of the molecule is CCOC1(c2nsc(NCC(C)C)n2)CCCC1. The molecule has 1 aliphatic carbocycles. The molecule has 1 fully saturated rings. The second kappa shape index (κ2) is 5.97. The van der Waals surface area contributed by atoms with Crippen molar-refractivity contribution in [1.29, 1.82) is 0 Å². The van der Waals surface area contributed by atoms with Crippen LogP contribution in [-0.2, 0) is 10.3 Å². The van der Waals surface area contributed by atoms with E-state index in [2.05, 4.69) is 28.5 Å². The highest BCUT2D eigenvalue weighted by Crippen LogP contribution is 2.41. The summed E-state index contributed by atoms with van der Waals surface area (Å²) >= 11 is 1.45. The minimum atomic E-state index is -0.205. The third kappa shape index (κ3) is 3.01. The van der Waals surface area contributed by atoms with Gasteiger partial charge in [-0.1, -0.05) is 13.8 Å². The van der Waals surface area contributed by atoms with Gasteiger partial charge >= 0.3 is 0 Å². The van der Waals surface area contributed by atoms with Gasteiger partial charge in [0.2, 0.25) is 5.13 Å². The Labute approximate surface area is 113 Å². The number of nitrogens with one attached hydrogen (secondary N) is 1. The summed E-state index contributed by atoms with van der Waals surface area (Å²) in [5, 5.41) is 4.26. The van der Waals surface area contributed by atoms with Crippen molar-refractivity contribution in [2.45, 2.75) is 52.1 Å². The number of ether oxygens (including phenoxy) is 1. The molecule has 1 heterocycles. The lowest BCUT2D eigenvalue weighted by Gasteiger charge is -2.25. The first-order valence-corrected chi connectivity index (χ1v) is 7.65. The Kier molecular flexibility index (Phi) is 4.56. The highest BCUT2D eigenvalue weighted by molar-refractivity contribution is 7.09. The molecule has 1 aromatic rings. The molecule has 1 N–H and O–H groups in total. The molecule has 1 saturated carbocycles. The Morgan fingerprint density at radius 2 is 2.11 bits per heavy atom. The monoisotopic (exact) mass is 269 g/mol. The van der Waals surface area contributed by atoms with Crippen LogP contribution < -0.4 is 5.32 Å². The fourth-order valence-electron chi connectivity index (χ4n) is 2.43. The van der Waals surface area contributed by atoms with E-state index in [0.29, 0.717) is 5.92 Å². The predicted octanol–water partition coefficient (Wildman–Crippen LogP) is 3.41. The summed E-state index contributed by atoms with van der Waals surface area (Å²) in [6.45, 7) is 8.09. The molecule has 0 aliphatic heterocycles. The van der Waals surface area contributed by atoms with Crippen LogP contribution in [0.5, 0.6) is 0 Å². The molecular weight excluding hydrogens is 246 g/mol. The molecule has 5 heteroatoms. The van der Waals surface area contributed by atoms with Crippen molar-refractivity contribution < 1.29 is 4.74 Å². The Morgan fingerprint density at radius 1 is 1.39 bits per heavy atom. The zero-order chi connectivity index (χ0) is 13.0. The summed E-state index contributed by atoms with van der Waals surface area (Å²) in [4.78, 5) is 4.63. The second-order valence-corrected chi connectivity index (χ2v) is 6.08. The summed E-state index contributed by atoms with van der Waals surface area (Å²) in [5.74, 6) is 1.50. The molecule has 0 amide bonds. The van der Waals surface area contributed by atoms with Crippen LogP contribution in [0.4, 0.5) is 5.13 Å². The van der Waals surface area contributed by atoms with Gasteiger partial charge in [-0.15, -0.1) is 0 Å². The van der Waals surface area contributed by atoms with Gasteiger partial charge in [-0.2, -0.15) is 4.37 Å². The minimum absolute atomic E-state index is 0.205. The maximum atomic E-state index is 5.97. The van der Waals surface area contributed by atoms with Gasteiger partial charge in [0.15, 0.2) is 5.82 Å². The molecule has 4 nitrogen and oxygen atoms in total. The number of aromatic nitrogens is 2. The van der Waals surface area contributed by atoms with E-state index in [1.807, 2.05) is 6.92 Å². The van der Waals surface area contributed by atoms with Crippen molar-refractivity contribution in [2.24, 2.45) is 5.92 Å². The third-order valence-corrected chi connectivity index (χ3v) is 4.00. The van der Waals surface area contributed by atoms with Crippen molar-refractivity contribution >= 4 is 16.7 Å². The fourth-order valence-corrected chi connectivity index (χ4v) is 3.08. The second-order valence-electron chi connectivity index (χ2n) is 5.33. The quantitative estimate of drug-likeness (QED) is 0.859. The number of nitrogens with zero attached hydrogens (tertiary/aromatic N) is 2. The molecule has 2 rings (SSSR count). The third-order valence-electron chi connectivity index (χ3n) is 3.33. The van der Waals surface area contributed by atoms with Crippen LogP contribution in [0.3, 0.4) is 0 Å². The van der Waals surface area contributed by atoms with Gasteiger partial charge in [-0.05, 0) is 38.5 Å². The first kappa shape index (κ1) is 13.7. The lowest BCUT2D eigenvalue weighted by molar-refractivity contribution is -0.0447. The van der Waals surface area contributed by atoms with Gasteiger partial charge in [0.05, 0.1) is 0 Å². The Hall–Kier alpha value is -0.680. The van der Waals surface area contributed by atoms with Gasteiger partial charge in [-0.25, -0.2) is 4.98 Å². The van der Waals surface area contributed by atoms with Crippen LogP contribution >= 0.6 is 11.5 Å². The molecule has 0 saturated heterocycles. The van der Waals surface area contributed by atoms with Crippen LogP contribution in [0.2, 0.25) is 0 Å². The number of hydrogen-bond donors (Lipinski definition) is 1. The molecule has 0 radical (unpaired) electrons. The summed E-state index contributed by atoms with van der Waals surface area (Å²) in [7, 11) is 0. The minimum Gasteiger partial charge on any atom is -0.367 e. The average molecular weight is 269 g/mol. The Morgan fingerprint density at radius 3 is 2.72 bits per heavy atom. The number of hydrogen-bond acceptors (Lipinski definition) is 5. The van der Waals surface area contributed by atoms with Crippen LogP contribution in [0, 0.1) is 5.92 Å². The van der Waals surface area contributed by atoms with Crippen molar-refractivity contribution in [1.82, 2.24) is 9.36 Å². The highest BCUT2D eigenvalue weighted by Gasteiger charge is 2.40. The Bertz CT molecular complexity index is 372. The van der Waals surface area contributed by atoms with Gasteiger partial charge < -0.3 is 10.1 Å². The van der Waals surface area contributed by atoms with E-state index in [4.69, 9.17) is 4.74 Å². The predicted molar refractivity (Wildman–Crippen MR) is 75.0 cm³/mol. The topological polar surface area (TPSA) is 47.0 Å². The van der Waals surface area contributed by atoms with E-state index < -0.39 is 0 Å². The highest BCUT2D eigenvalue weighted by atomic mass is 32.1. The van der Waals surface area contributed by atoms with E-state index in [1.54, 1.807) is 0 Å². The van der Waals surface area contributed by atoms with Crippen molar-refractivity contribution in [2.75, 3.05) is 18.5 Å². The van der Waals surface area contributed by atoms with E-state index in [0.717, 1.165) is 36.9 Å². The summed E-state index contributed by atoms with van der Waals surface area (Å²) in [6.07, 6.45) is 4.55. The molecule has 0 bridgehead atoms. The molecule has 0 spiro atoms. The van der Waals surface area contributed by atoms with E-state index in [1.165, 1.54) is 24.4 Å². The number of anilines is 1. The first-order valence-electron chi connectivity index (χ1n) is 6.88. The van der Waals surface area contributed by atoms with Crippen molar-refractivity contribution in [3.8, 4) is 0 Å². The number of rotatable bonds is 6. The van der Waals surface area contributed by atoms with Gasteiger partial charge in [-0.3, -0.25) is 0 Å². The smallest absolute Gasteiger partial charge is 0.202 e. The van der Waals surface area contributed by atoms with Crippen LogP contribution in [0.25, 0.3) is 0 Å². The molecular formula is C13H23N3OS. The van der Waals surface area contributed by atoms with E-state index in [-0.39, 0.29) is 5.60 Å². The lowest BCUT2D eigenvalue weighted by Crippen LogP contribution is -2.27. The largest absolute Gasteiger partial charge is 0.367 e. The maximum absolute atomic E-state index is 5.97. The normalized spacial score (nSPS) is 18.4. The van der Waals surface area contributed by atoms with Crippen LogP contribution in [-0.4, -0.2) is 22.5 Å². The summed E-state index contributed by atoms with van der Waals surface area (Å²) in [5.41, 5.74) is -0.205. The van der Waals surface area contributed by atoms with Crippen molar-refractivity contribution in [3.63, 3.8) is 0 Å². The first-order chi connectivity index (χ1) is 8.66. The van der Waals surface area contributed by atoms with Crippen LogP contribution in [0.15, 0.2) is 0 Å². The standard InChI is InChI=1S/C13H23N3OS/c1-4-17-13(7-5-6-8-13)11-15-12(18-16-11)14-9-10(2)3/h10H,4-9H2,1-3H3,(H,14,15,16).